The fourth-order valence-electron chi connectivity index (χ4n) is 1.59. The quantitative estimate of drug-likeness (QED) is 0.703. The highest BCUT2D eigenvalue weighted by atomic mass is 32.2. The Morgan fingerprint density at radius 3 is 2.54 bits per heavy atom. The first-order valence-corrected chi connectivity index (χ1v) is 6.52. The van der Waals surface area contributed by atoms with Gasteiger partial charge in [-0.15, -0.1) is 0 Å². The van der Waals surface area contributed by atoms with Gasteiger partial charge < -0.3 is 10.6 Å². The van der Waals surface area contributed by atoms with Gasteiger partial charge in [0.15, 0.2) is 0 Å². The molecule has 13 heavy (non-hydrogen) atoms. The predicted molar refractivity (Wildman–Crippen MR) is 57.2 cm³/mol. The molecule has 0 spiro atoms. The van der Waals surface area contributed by atoms with Crippen LogP contribution in [-0.4, -0.2) is 46.8 Å². The Balaban J connectivity index is 2.24. The molecule has 1 saturated heterocycles. The van der Waals surface area contributed by atoms with Crippen LogP contribution in [0.1, 0.15) is 13.3 Å². The minimum absolute atomic E-state index is 0.553. The van der Waals surface area contributed by atoms with Gasteiger partial charge in [0, 0.05) is 41.9 Å². The van der Waals surface area contributed by atoms with Gasteiger partial charge in [-0.1, -0.05) is 13.3 Å². The van der Waals surface area contributed by atoms with Gasteiger partial charge in [0.1, 0.15) is 0 Å². The second-order valence-corrected chi connectivity index (χ2v) is 5.35. The molecule has 4 heteroatoms. The van der Waals surface area contributed by atoms with Crippen molar-refractivity contribution in [3.05, 3.63) is 0 Å². The van der Waals surface area contributed by atoms with Crippen molar-refractivity contribution in [1.82, 2.24) is 4.90 Å². The zero-order valence-electron chi connectivity index (χ0n) is 8.37. The molecule has 3 nitrogen and oxygen atoms in total. The second-order valence-electron chi connectivity index (χ2n) is 3.66. The molecule has 78 valence electrons. The highest BCUT2D eigenvalue weighted by Crippen LogP contribution is 2.06. The van der Waals surface area contributed by atoms with Gasteiger partial charge in [0.05, 0.1) is 0 Å². The molecule has 0 radical (unpaired) electrons. The van der Waals surface area contributed by atoms with Crippen molar-refractivity contribution in [1.29, 1.82) is 0 Å². The lowest BCUT2D eigenvalue weighted by Gasteiger charge is -2.29. The van der Waals surface area contributed by atoms with Crippen LogP contribution in [0.2, 0.25) is 0 Å². The molecular formula is C9H20N2OS. The van der Waals surface area contributed by atoms with E-state index in [0.29, 0.717) is 5.92 Å². The van der Waals surface area contributed by atoms with Gasteiger partial charge >= 0.3 is 0 Å². The van der Waals surface area contributed by atoms with Crippen LogP contribution in [0.25, 0.3) is 0 Å². The Labute approximate surface area is 83.1 Å². The molecule has 0 aromatic rings. The van der Waals surface area contributed by atoms with Gasteiger partial charge in [-0.2, -0.15) is 0 Å². The Morgan fingerprint density at radius 2 is 2.08 bits per heavy atom. The maximum Gasteiger partial charge on any atom is 0.0363 e. The summed E-state index contributed by atoms with van der Waals surface area (Å²) in [5.74, 6) is 2.31. The first-order valence-electron chi connectivity index (χ1n) is 5.03. The zero-order valence-corrected chi connectivity index (χ0v) is 9.18. The minimum Gasteiger partial charge on any atom is -0.330 e. The van der Waals surface area contributed by atoms with Gasteiger partial charge in [0.25, 0.3) is 0 Å². The van der Waals surface area contributed by atoms with Crippen LogP contribution in [-0.2, 0) is 10.8 Å². The van der Waals surface area contributed by atoms with Crippen LogP contribution < -0.4 is 5.73 Å². The van der Waals surface area contributed by atoms with Crippen LogP contribution in [0.4, 0.5) is 0 Å². The van der Waals surface area contributed by atoms with Gasteiger partial charge in [-0.3, -0.25) is 4.21 Å². The molecule has 2 N–H and O–H groups in total. The summed E-state index contributed by atoms with van der Waals surface area (Å²) >= 11 is 0. The zero-order chi connectivity index (χ0) is 9.68. The van der Waals surface area contributed by atoms with Crippen LogP contribution in [0, 0.1) is 5.92 Å². The molecule has 0 amide bonds. The molecule has 0 saturated carbocycles. The molecule has 1 rings (SSSR count). The van der Waals surface area contributed by atoms with Crippen molar-refractivity contribution < 1.29 is 4.21 Å². The van der Waals surface area contributed by atoms with Crippen molar-refractivity contribution in [2.75, 3.05) is 37.7 Å². The van der Waals surface area contributed by atoms with Crippen LogP contribution in [0.5, 0.6) is 0 Å². The minimum atomic E-state index is -0.553. The Kier molecular flexibility index (Phi) is 4.91. The third kappa shape index (κ3) is 3.75. The van der Waals surface area contributed by atoms with E-state index in [1.165, 1.54) is 0 Å². The SMILES string of the molecule is CCC(CN)CN1CCS(=O)CC1. The van der Waals surface area contributed by atoms with Crippen molar-refractivity contribution in [2.24, 2.45) is 11.7 Å². The number of hydrogen-bond donors (Lipinski definition) is 1. The average molecular weight is 204 g/mol. The van der Waals surface area contributed by atoms with Crippen LogP contribution in [0.3, 0.4) is 0 Å². The third-order valence-electron chi connectivity index (χ3n) is 2.70. The van der Waals surface area contributed by atoms with E-state index in [0.717, 1.165) is 44.1 Å². The molecule has 1 aliphatic heterocycles. The molecule has 1 atom stereocenters. The first kappa shape index (κ1) is 11.1. The van der Waals surface area contributed by atoms with Crippen molar-refractivity contribution in [3.63, 3.8) is 0 Å². The standard InChI is InChI=1S/C9H20N2OS/c1-2-9(7-10)8-11-3-5-13(12)6-4-11/h9H,2-8,10H2,1H3. The largest absolute Gasteiger partial charge is 0.330 e. The van der Waals surface area contributed by atoms with E-state index in [2.05, 4.69) is 11.8 Å². The molecule has 1 unspecified atom stereocenters. The van der Waals surface area contributed by atoms with Crippen molar-refractivity contribution >= 4 is 10.8 Å². The Hall–Kier alpha value is 0.0700. The van der Waals surface area contributed by atoms with Crippen molar-refractivity contribution in [3.8, 4) is 0 Å². The third-order valence-corrected chi connectivity index (χ3v) is 3.97. The summed E-state index contributed by atoms with van der Waals surface area (Å²) in [6.07, 6.45) is 1.15. The molecule has 0 aliphatic carbocycles. The molecule has 0 aromatic carbocycles. The van der Waals surface area contributed by atoms with E-state index in [1.54, 1.807) is 0 Å². The lowest BCUT2D eigenvalue weighted by Crippen LogP contribution is -2.41. The monoisotopic (exact) mass is 204 g/mol. The van der Waals surface area contributed by atoms with E-state index in [4.69, 9.17) is 5.73 Å². The molecule has 1 aliphatic rings. The summed E-state index contributed by atoms with van der Waals surface area (Å²) in [5.41, 5.74) is 5.64. The normalized spacial score (nSPS) is 23.2. The summed E-state index contributed by atoms with van der Waals surface area (Å²) in [4.78, 5) is 2.39. The molecule has 0 aromatic heterocycles. The van der Waals surface area contributed by atoms with Gasteiger partial charge in [-0.25, -0.2) is 0 Å². The number of hydrogen-bond acceptors (Lipinski definition) is 3. The van der Waals surface area contributed by atoms with Crippen LogP contribution in [0.15, 0.2) is 0 Å². The van der Waals surface area contributed by atoms with E-state index >= 15 is 0 Å². The maximum absolute atomic E-state index is 11.1. The summed E-state index contributed by atoms with van der Waals surface area (Å²) < 4.78 is 11.1. The smallest absolute Gasteiger partial charge is 0.0363 e. The molecule has 1 heterocycles. The summed E-state index contributed by atoms with van der Waals surface area (Å²) in [6, 6.07) is 0. The lowest BCUT2D eigenvalue weighted by molar-refractivity contribution is 0.248. The Morgan fingerprint density at radius 1 is 1.46 bits per heavy atom. The maximum atomic E-state index is 11.1. The topological polar surface area (TPSA) is 46.3 Å². The van der Waals surface area contributed by atoms with E-state index in [1.807, 2.05) is 0 Å². The van der Waals surface area contributed by atoms with Crippen molar-refractivity contribution in [2.45, 2.75) is 13.3 Å². The number of rotatable bonds is 4. The lowest BCUT2D eigenvalue weighted by atomic mass is 10.1. The van der Waals surface area contributed by atoms with Gasteiger partial charge in [0.2, 0.25) is 0 Å². The van der Waals surface area contributed by atoms with E-state index in [9.17, 15) is 4.21 Å². The fourth-order valence-corrected chi connectivity index (χ4v) is 2.72. The average Bonchev–Trinajstić information content (AvgIpc) is 2.17. The summed E-state index contributed by atoms with van der Waals surface area (Å²) in [6.45, 7) is 6.02. The summed E-state index contributed by atoms with van der Waals surface area (Å²) in [5, 5.41) is 0. The Bertz CT molecular complexity index is 161. The highest BCUT2D eigenvalue weighted by Gasteiger charge is 2.17. The molecule has 1 fully saturated rings. The van der Waals surface area contributed by atoms with E-state index in [-0.39, 0.29) is 0 Å². The molecule has 0 bridgehead atoms. The fraction of sp³-hybridized carbons (Fsp3) is 1.00. The number of nitrogens with two attached hydrogens (primary N) is 1. The van der Waals surface area contributed by atoms with Crippen LogP contribution >= 0.6 is 0 Å². The summed E-state index contributed by atoms with van der Waals surface area (Å²) in [7, 11) is -0.553. The number of nitrogens with zero attached hydrogens (tertiary/aromatic N) is 1. The first-order chi connectivity index (χ1) is 6.26. The molecular weight excluding hydrogens is 184 g/mol. The van der Waals surface area contributed by atoms with E-state index < -0.39 is 10.8 Å². The highest BCUT2D eigenvalue weighted by molar-refractivity contribution is 7.85. The second kappa shape index (κ2) is 5.73. The van der Waals surface area contributed by atoms with Gasteiger partial charge in [-0.05, 0) is 12.5 Å². The predicted octanol–water partition coefficient (Wildman–Crippen LogP) is 0.0356.